The van der Waals surface area contributed by atoms with E-state index in [1.165, 1.54) is 23.1 Å². The number of hydrogen-bond donors (Lipinski definition) is 0. The van der Waals surface area contributed by atoms with Crippen molar-refractivity contribution in [2.75, 3.05) is 38.2 Å². The minimum absolute atomic E-state index is 0.0411. The topological polar surface area (TPSA) is 76.4 Å². The number of piperazine rings is 1. The van der Waals surface area contributed by atoms with Crippen molar-refractivity contribution in [1.29, 1.82) is 0 Å². The third-order valence-corrected chi connectivity index (χ3v) is 9.80. The summed E-state index contributed by atoms with van der Waals surface area (Å²) in [5.74, 6) is 1.95. The van der Waals surface area contributed by atoms with Crippen molar-refractivity contribution in [2.45, 2.75) is 17.8 Å². The van der Waals surface area contributed by atoms with Crippen LogP contribution in [0.4, 0.5) is 5.69 Å². The Kier molecular flexibility index (Phi) is 8.90. The highest BCUT2D eigenvalue weighted by atomic mass is 35.5. The molecule has 43 heavy (non-hydrogen) atoms. The summed E-state index contributed by atoms with van der Waals surface area (Å²) in [6.45, 7) is 4.82. The Hall–Kier alpha value is -3.57. The molecule has 8 nitrogen and oxygen atoms in total. The first-order valence-corrected chi connectivity index (χ1v) is 16.3. The number of ether oxygens (including phenoxy) is 1. The second-order valence-electron chi connectivity index (χ2n) is 9.94. The van der Waals surface area contributed by atoms with Gasteiger partial charge in [-0.1, -0.05) is 53.2 Å². The zero-order valence-corrected chi connectivity index (χ0v) is 26.7. The maximum absolute atomic E-state index is 13.3. The third-order valence-electron chi connectivity index (χ3n) is 7.26. The van der Waals surface area contributed by atoms with Gasteiger partial charge in [0.2, 0.25) is 0 Å². The van der Waals surface area contributed by atoms with Crippen molar-refractivity contribution in [3.05, 3.63) is 98.4 Å². The molecule has 0 N–H and O–H groups in total. The van der Waals surface area contributed by atoms with Gasteiger partial charge in [-0.25, -0.2) is 4.98 Å². The van der Waals surface area contributed by atoms with Gasteiger partial charge in [0, 0.05) is 47.8 Å². The van der Waals surface area contributed by atoms with E-state index in [4.69, 9.17) is 27.9 Å². The number of aromatic nitrogens is 4. The molecule has 5 aromatic rings. The van der Waals surface area contributed by atoms with Crippen LogP contribution in [0, 0.1) is 6.92 Å². The summed E-state index contributed by atoms with van der Waals surface area (Å²) < 4.78 is 7.24. The van der Waals surface area contributed by atoms with E-state index in [2.05, 4.69) is 20.1 Å². The molecule has 6 rings (SSSR count). The van der Waals surface area contributed by atoms with Crippen LogP contribution in [0.5, 0.6) is 5.75 Å². The summed E-state index contributed by atoms with van der Waals surface area (Å²) in [6.07, 6.45) is 0. The van der Waals surface area contributed by atoms with E-state index < -0.39 is 0 Å². The standard InChI is InChI=1S/C31H28Cl2N6O2S2/c1-20-7-8-21(32)17-27(20)39-29(24-5-3-4-6-25(24)33)35-36-31(39)43-19-28-34-26(18-42-28)30(40)38-15-13-37(14-16-38)22-9-11-23(41-2)12-10-22/h3-12,17-18H,13-16,19H2,1-2H3. The normalized spacial score (nSPS) is 13.4. The predicted octanol–water partition coefficient (Wildman–Crippen LogP) is 7.27. The van der Waals surface area contributed by atoms with Gasteiger partial charge in [-0.2, -0.15) is 0 Å². The zero-order chi connectivity index (χ0) is 29.9. The summed E-state index contributed by atoms with van der Waals surface area (Å²) >= 11 is 15.9. The van der Waals surface area contributed by atoms with Crippen LogP contribution in [-0.4, -0.2) is 63.8 Å². The molecule has 0 saturated carbocycles. The number of rotatable bonds is 8. The number of amides is 1. The summed E-state index contributed by atoms with van der Waals surface area (Å²) in [5.41, 5.74) is 4.27. The minimum Gasteiger partial charge on any atom is -0.497 e. The molecule has 220 valence electrons. The third kappa shape index (κ3) is 6.38. The van der Waals surface area contributed by atoms with Crippen LogP contribution in [-0.2, 0) is 5.75 Å². The number of hydrogen-bond acceptors (Lipinski definition) is 8. The molecule has 1 amide bonds. The minimum atomic E-state index is -0.0411. The number of thiazole rings is 1. The van der Waals surface area contributed by atoms with Crippen molar-refractivity contribution in [2.24, 2.45) is 0 Å². The van der Waals surface area contributed by atoms with Crippen LogP contribution >= 0.6 is 46.3 Å². The zero-order valence-electron chi connectivity index (χ0n) is 23.5. The van der Waals surface area contributed by atoms with Crippen molar-refractivity contribution < 1.29 is 9.53 Å². The van der Waals surface area contributed by atoms with Crippen molar-refractivity contribution in [3.63, 3.8) is 0 Å². The summed E-state index contributed by atoms with van der Waals surface area (Å²) in [6, 6.07) is 21.3. The molecule has 1 aliphatic rings. The van der Waals surface area contributed by atoms with Gasteiger partial charge in [-0.05, 0) is 61.0 Å². The van der Waals surface area contributed by atoms with Gasteiger partial charge in [0.05, 0.1) is 23.6 Å². The fraction of sp³-hybridized carbons (Fsp3) is 0.226. The smallest absolute Gasteiger partial charge is 0.273 e. The molecular weight excluding hydrogens is 623 g/mol. The van der Waals surface area contributed by atoms with E-state index >= 15 is 0 Å². The molecule has 0 unspecified atom stereocenters. The van der Waals surface area contributed by atoms with Crippen LogP contribution in [0.2, 0.25) is 10.0 Å². The van der Waals surface area contributed by atoms with Crippen LogP contribution < -0.4 is 9.64 Å². The Bertz CT molecular complexity index is 1750. The highest BCUT2D eigenvalue weighted by Gasteiger charge is 2.25. The molecule has 0 bridgehead atoms. The Morgan fingerprint density at radius 2 is 1.77 bits per heavy atom. The summed E-state index contributed by atoms with van der Waals surface area (Å²) in [5, 5.41) is 13.6. The van der Waals surface area contributed by atoms with Crippen molar-refractivity contribution in [1.82, 2.24) is 24.6 Å². The van der Waals surface area contributed by atoms with Crippen LogP contribution in [0.25, 0.3) is 17.1 Å². The molecular formula is C31H28Cl2N6O2S2. The van der Waals surface area contributed by atoms with Crippen LogP contribution in [0.15, 0.2) is 77.3 Å². The van der Waals surface area contributed by atoms with E-state index in [9.17, 15) is 4.79 Å². The first-order chi connectivity index (χ1) is 20.9. The molecule has 1 fully saturated rings. The quantitative estimate of drug-likeness (QED) is 0.163. The van der Waals surface area contributed by atoms with Gasteiger partial charge in [0.15, 0.2) is 11.0 Å². The van der Waals surface area contributed by atoms with Gasteiger partial charge in [0.25, 0.3) is 5.91 Å². The Balaban J connectivity index is 1.16. The number of carbonyl (C=O) groups excluding carboxylic acids is 1. The van der Waals surface area contributed by atoms with Crippen LogP contribution in [0.3, 0.4) is 0 Å². The number of aryl methyl sites for hydroxylation is 1. The number of anilines is 1. The van der Waals surface area contributed by atoms with E-state index in [0.717, 1.165) is 46.3 Å². The number of methoxy groups -OCH3 is 1. The number of halogens is 2. The van der Waals surface area contributed by atoms with Crippen molar-refractivity contribution in [3.8, 4) is 22.8 Å². The van der Waals surface area contributed by atoms with E-state index in [-0.39, 0.29) is 5.91 Å². The van der Waals surface area contributed by atoms with Crippen molar-refractivity contribution >= 4 is 57.9 Å². The molecule has 0 atom stereocenters. The highest BCUT2D eigenvalue weighted by Crippen LogP contribution is 2.35. The summed E-state index contributed by atoms with van der Waals surface area (Å²) in [7, 11) is 1.66. The lowest BCUT2D eigenvalue weighted by Gasteiger charge is -2.35. The lowest BCUT2D eigenvalue weighted by Crippen LogP contribution is -2.48. The highest BCUT2D eigenvalue weighted by molar-refractivity contribution is 7.98. The SMILES string of the molecule is COc1ccc(N2CCN(C(=O)c3csc(CSc4nnc(-c5ccccc5Cl)n4-c4cc(Cl)ccc4C)n3)CC2)cc1. The second-order valence-corrected chi connectivity index (χ2v) is 12.7. The number of thioether (sulfide) groups is 1. The van der Waals surface area contributed by atoms with Gasteiger partial charge >= 0.3 is 0 Å². The Labute approximate surface area is 268 Å². The molecule has 2 aromatic heterocycles. The molecule has 3 heterocycles. The lowest BCUT2D eigenvalue weighted by atomic mass is 10.1. The predicted molar refractivity (Wildman–Crippen MR) is 174 cm³/mol. The molecule has 1 aliphatic heterocycles. The largest absolute Gasteiger partial charge is 0.497 e. The first-order valence-electron chi connectivity index (χ1n) is 13.6. The fourth-order valence-electron chi connectivity index (χ4n) is 4.95. The van der Waals surface area contributed by atoms with Gasteiger partial charge in [0.1, 0.15) is 16.5 Å². The second kappa shape index (κ2) is 13.0. The van der Waals surface area contributed by atoms with Gasteiger partial charge in [-0.15, -0.1) is 21.5 Å². The number of nitrogens with zero attached hydrogens (tertiary/aromatic N) is 6. The Morgan fingerprint density at radius 1 is 1.00 bits per heavy atom. The van der Waals surface area contributed by atoms with E-state index in [1.807, 2.05) is 88.5 Å². The average molecular weight is 652 g/mol. The average Bonchev–Trinajstić information content (AvgIpc) is 3.69. The maximum Gasteiger partial charge on any atom is 0.273 e. The molecule has 0 radical (unpaired) electrons. The molecule has 0 aliphatic carbocycles. The first kappa shape index (κ1) is 29.5. The van der Waals surface area contributed by atoms with Gasteiger partial charge in [-0.3, -0.25) is 9.36 Å². The molecule has 3 aromatic carbocycles. The fourth-order valence-corrected chi connectivity index (χ4v) is 7.06. The maximum atomic E-state index is 13.3. The summed E-state index contributed by atoms with van der Waals surface area (Å²) in [4.78, 5) is 22.1. The van der Waals surface area contributed by atoms with E-state index in [1.54, 1.807) is 7.11 Å². The van der Waals surface area contributed by atoms with E-state index in [0.29, 0.717) is 45.6 Å². The lowest BCUT2D eigenvalue weighted by molar-refractivity contribution is 0.0741. The molecule has 12 heteroatoms. The number of benzene rings is 3. The van der Waals surface area contributed by atoms with Crippen LogP contribution in [0.1, 0.15) is 21.1 Å². The monoisotopic (exact) mass is 650 g/mol. The van der Waals surface area contributed by atoms with Gasteiger partial charge < -0.3 is 14.5 Å². The molecule has 1 saturated heterocycles. The number of carbonyl (C=O) groups is 1. The molecule has 0 spiro atoms. The Morgan fingerprint density at radius 3 is 2.51 bits per heavy atom.